The predicted molar refractivity (Wildman–Crippen MR) is 64.2 cm³/mol. The third kappa shape index (κ3) is 2.87. The highest BCUT2D eigenvalue weighted by Gasteiger charge is 2.16. The van der Waals surface area contributed by atoms with Gasteiger partial charge in [-0.3, -0.25) is 9.48 Å². The molecule has 0 atom stereocenters. The number of benzene rings is 1. The number of amides is 1. The van der Waals surface area contributed by atoms with Crippen molar-refractivity contribution in [3.63, 3.8) is 0 Å². The number of rotatable bonds is 3. The highest BCUT2D eigenvalue weighted by Crippen LogP contribution is 2.21. The van der Waals surface area contributed by atoms with Gasteiger partial charge in [0.15, 0.2) is 5.82 Å². The van der Waals surface area contributed by atoms with Gasteiger partial charge in [-0.2, -0.15) is 5.10 Å². The molecular formula is C12H11F2N3O2. The summed E-state index contributed by atoms with van der Waals surface area (Å²) in [4.78, 5) is 11.8. The molecule has 0 bridgehead atoms. The molecule has 1 aromatic carbocycles. The van der Waals surface area contributed by atoms with Crippen LogP contribution in [0.2, 0.25) is 0 Å². The number of alkyl halides is 2. The van der Waals surface area contributed by atoms with Gasteiger partial charge in [-0.15, -0.1) is 0 Å². The number of hydrogen-bond acceptors (Lipinski definition) is 3. The van der Waals surface area contributed by atoms with Crippen LogP contribution in [0, 0.1) is 0 Å². The first-order valence-corrected chi connectivity index (χ1v) is 5.40. The number of nitrogens with one attached hydrogen (secondary N) is 1. The molecule has 0 saturated carbocycles. The lowest BCUT2D eigenvalue weighted by molar-refractivity contribution is 0.102. The molecule has 0 spiro atoms. The van der Waals surface area contributed by atoms with E-state index in [4.69, 9.17) is 5.11 Å². The Morgan fingerprint density at radius 3 is 2.53 bits per heavy atom. The Morgan fingerprint density at radius 1 is 1.37 bits per heavy atom. The molecular weight excluding hydrogens is 256 g/mol. The number of aromatic hydroxyl groups is 1. The van der Waals surface area contributed by atoms with Crippen LogP contribution in [0.3, 0.4) is 0 Å². The van der Waals surface area contributed by atoms with Crippen LogP contribution in [0.5, 0.6) is 5.75 Å². The smallest absolute Gasteiger partial charge is 0.280 e. The molecule has 19 heavy (non-hydrogen) atoms. The first kappa shape index (κ1) is 13.0. The first-order valence-electron chi connectivity index (χ1n) is 5.40. The molecule has 7 heteroatoms. The third-order valence-corrected chi connectivity index (χ3v) is 2.51. The fourth-order valence-corrected chi connectivity index (χ4v) is 1.55. The van der Waals surface area contributed by atoms with Gasteiger partial charge in [0, 0.05) is 18.7 Å². The lowest BCUT2D eigenvalue weighted by Crippen LogP contribution is -2.12. The van der Waals surface area contributed by atoms with Crippen LogP contribution in [0.1, 0.15) is 22.5 Å². The fraction of sp³-hybridized carbons (Fsp3) is 0.167. The SMILES string of the molecule is Cn1nc(NC(=O)c2ccc(O)cc2)cc1C(F)F. The van der Waals surface area contributed by atoms with E-state index < -0.39 is 12.3 Å². The fourth-order valence-electron chi connectivity index (χ4n) is 1.55. The molecule has 1 aromatic heterocycles. The van der Waals surface area contributed by atoms with E-state index in [0.717, 1.165) is 10.7 Å². The van der Waals surface area contributed by atoms with Crippen LogP contribution in [-0.4, -0.2) is 20.8 Å². The van der Waals surface area contributed by atoms with E-state index in [2.05, 4.69) is 10.4 Å². The Balaban J connectivity index is 2.15. The highest BCUT2D eigenvalue weighted by atomic mass is 19.3. The van der Waals surface area contributed by atoms with Crippen molar-refractivity contribution in [3.8, 4) is 5.75 Å². The van der Waals surface area contributed by atoms with Gasteiger partial charge in [0.05, 0.1) is 0 Å². The minimum atomic E-state index is -2.66. The van der Waals surface area contributed by atoms with Gasteiger partial charge in [0.2, 0.25) is 0 Å². The second-order valence-corrected chi connectivity index (χ2v) is 3.88. The van der Waals surface area contributed by atoms with E-state index in [9.17, 15) is 13.6 Å². The summed E-state index contributed by atoms with van der Waals surface area (Å²) < 4.78 is 26.1. The lowest BCUT2D eigenvalue weighted by atomic mass is 10.2. The maximum atomic E-state index is 12.5. The van der Waals surface area contributed by atoms with Crippen molar-refractivity contribution in [3.05, 3.63) is 41.6 Å². The van der Waals surface area contributed by atoms with E-state index in [1.807, 2.05) is 0 Å². The number of anilines is 1. The van der Waals surface area contributed by atoms with E-state index in [1.54, 1.807) is 0 Å². The van der Waals surface area contributed by atoms with Crippen LogP contribution in [-0.2, 0) is 7.05 Å². The van der Waals surface area contributed by atoms with Crippen LogP contribution >= 0.6 is 0 Å². The van der Waals surface area contributed by atoms with Gasteiger partial charge >= 0.3 is 0 Å². The number of halogens is 2. The maximum absolute atomic E-state index is 12.5. The molecule has 2 N–H and O–H groups in total. The van der Waals surface area contributed by atoms with Gasteiger partial charge in [-0.05, 0) is 24.3 Å². The second kappa shape index (κ2) is 5.05. The Morgan fingerprint density at radius 2 is 2.00 bits per heavy atom. The maximum Gasteiger partial charge on any atom is 0.280 e. The monoisotopic (exact) mass is 267 g/mol. The minimum Gasteiger partial charge on any atom is -0.508 e. The Kier molecular flexibility index (Phi) is 3.46. The van der Waals surface area contributed by atoms with Crippen molar-refractivity contribution in [2.24, 2.45) is 7.05 Å². The van der Waals surface area contributed by atoms with Gasteiger partial charge < -0.3 is 10.4 Å². The summed E-state index contributed by atoms with van der Waals surface area (Å²) in [5, 5.41) is 15.3. The summed E-state index contributed by atoms with van der Waals surface area (Å²) in [7, 11) is 1.37. The number of phenols is 1. The third-order valence-electron chi connectivity index (χ3n) is 2.51. The van der Waals surface area contributed by atoms with Gasteiger partial charge in [0.25, 0.3) is 12.3 Å². The molecule has 0 aliphatic heterocycles. The van der Waals surface area contributed by atoms with Crippen LogP contribution < -0.4 is 5.32 Å². The van der Waals surface area contributed by atoms with E-state index in [0.29, 0.717) is 5.56 Å². The normalized spacial score (nSPS) is 10.7. The summed E-state index contributed by atoms with van der Waals surface area (Å²) in [6.45, 7) is 0. The summed E-state index contributed by atoms with van der Waals surface area (Å²) in [6, 6.07) is 6.67. The van der Waals surface area contributed by atoms with E-state index in [1.165, 1.54) is 31.3 Å². The van der Waals surface area contributed by atoms with Crippen LogP contribution in [0.15, 0.2) is 30.3 Å². The van der Waals surface area contributed by atoms with Crippen molar-refractivity contribution in [1.29, 1.82) is 0 Å². The number of phenolic OH excluding ortho intramolecular Hbond substituents is 1. The van der Waals surface area contributed by atoms with Crippen molar-refractivity contribution in [1.82, 2.24) is 9.78 Å². The van der Waals surface area contributed by atoms with E-state index in [-0.39, 0.29) is 17.3 Å². The summed E-state index contributed by atoms with van der Waals surface area (Å²) >= 11 is 0. The Hall–Kier alpha value is -2.44. The molecule has 5 nitrogen and oxygen atoms in total. The molecule has 0 saturated heterocycles. The van der Waals surface area contributed by atoms with Crippen molar-refractivity contribution in [2.75, 3.05) is 5.32 Å². The molecule has 0 unspecified atom stereocenters. The number of hydrogen-bond donors (Lipinski definition) is 2. The number of carbonyl (C=O) groups is 1. The van der Waals surface area contributed by atoms with Gasteiger partial charge in [0.1, 0.15) is 11.4 Å². The Labute approximate surface area is 107 Å². The molecule has 0 fully saturated rings. The van der Waals surface area contributed by atoms with Crippen molar-refractivity contribution >= 4 is 11.7 Å². The Bertz CT molecular complexity index is 594. The summed E-state index contributed by atoms with van der Waals surface area (Å²) in [5.41, 5.74) is 0.0167. The zero-order valence-electron chi connectivity index (χ0n) is 9.97. The number of carbonyl (C=O) groups excluding carboxylic acids is 1. The predicted octanol–water partition coefficient (Wildman–Crippen LogP) is 2.32. The molecule has 0 aliphatic carbocycles. The lowest BCUT2D eigenvalue weighted by Gasteiger charge is -2.01. The molecule has 1 amide bonds. The topological polar surface area (TPSA) is 67.2 Å². The molecule has 1 heterocycles. The summed E-state index contributed by atoms with van der Waals surface area (Å²) in [5.74, 6) is -0.399. The molecule has 100 valence electrons. The average Bonchev–Trinajstić information content (AvgIpc) is 2.71. The van der Waals surface area contributed by atoms with Gasteiger partial charge in [-0.25, -0.2) is 8.78 Å². The average molecular weight is 267 g/mol. The zero-order valence-corrected chi connectivity index (χ0v) is 9.97. The number of nitrogens with zero attached hydrogens (tertiary/aromatic N) is 2. The molecule has 0 aliphatic rings. The molecule has 2 aromatic rings. The van der Waals surface area contributed by atoms with Gasteiger partial charge in [-0.1, -0.05) is 0 Å². The van der Waals surface area contributed by atoms with Crippen LogP contribution in [0.4, 0.5) is 14.6 Å². The largest absolute Gasteiger partial charge is 0.508 e. The number of aromatic nitrogens is 2. The molecule has 2 rings (SSSR count). The number of aryl methyl sites for hydroxylation is 1. The minimum absolute atomic E-state index is 0.0365. The van der Waals surface area contributed by atoms with Crippen LogP contribution in [0.25, 0.3) is 0 Å². The van der Waals surface area contributed by atoms with Crippen molar-refractivity contribution < 1.29 is 18.7 Å². The second-order valence-electron chi connectivity index (χ2n) is 3.88. The standard InChI is InChI=1S/C12H11F2N3O2/c1-17-9(11(13)14)6-10(16-17)15-12(19)7-2-4-8(18)5-3-7/h2-6,11,18H,1H3,(H,15,16,19). The summed E-state index contributed by atoms with van der Waals surface area (Å²) in [6.07, 6.45) is -2.66. The molecule has 0 radical (unpaired) electrons. The zero-order chi connectivity index (χ0) is 14.0. The highest BCUT2D eigenvalue weighted by molar-refractivity contribution is 6.03. The quantitative estimate of drug-likeness (QED) is 0.896. The van der Waals surface area contributed by atoms with Crippen molar-refractivity contribution in [2.45, 2.75) is 6.43 Å². The first-order chi connectivity index (χ1) is 8.97. The van der Waals surface area contributed by atoms with E-state index >= 15 is 0 Å².